The Labute approximate surface area is 123 Å². The molecule has 2 aliphatic rings. The number of carbonyl (C=O) groups is 1. The highest BCUT2D eigenvalue weighted by molar-refractivity contribution is 5.84. The van der Waals surface area contributed by atoms with Crippen LogP contribution in [-0.4, -0.2) is 29.0 Å². The van der Waals surface area contributed by atoms with Crippen molar-refractivity contribution in [2.24, 2.45) is 5.41 Å². The number of hydrazine groups is 1. The van der Waals surface area contributed by atoms with E-state index in [9.17, 15) is 9.18 Å². The summed E-state index contributed by atoms with van der Waals surface area (Å²) in [7, 11) is 0. The average molecular weight is 287 g/mol. The van der Waals surface area contributed by atoms with Crippen molar-refractivity contribution in [3.8, 4) is 6.07 Å². The van der Waals surface area contributed by atoms with E-state index in [0.29, 0.717) is 11.1 Å². The smallest absolute Gasteiger partial charge is 0.244 e. The zero-order chi connectivity index (χ0) is 15.2. The molecule has 2 aliphatic heterocycles. The molecule has 110 valence electrons. The summed E-state index contributed by atoms with van der Waals surface area (Å²) in [6, 6.07) is 6.16. The number of halogens is 1. The van der Waals surface area contributed by atoms with Gasteiger partial charge in [-0.1, -0.05) is 6.92 Å². The molecule has 0 spiro atoms. The minimum atomic E-state index is -0.424. The molecule has 0 aliphatic carbocycles. The van der Waals surface area contributed by atoms with Crippen molar-refractivity contribution in [1.29, 1.82) is 5.26 Å². The van der Waals surface area contributed by atoms with Gasteiger partial charge in [0, 0.05) is 13.1 Å². The molecule has 1 aromatic rings. The van der Waals surface area contributed by atoms with Crippen molar-refractivity contribution in [1.82, 2.24) is 10.0 Å². The first-order valence-electron chi connectivity index (χ1n) is 7.27. The van der Waals surface area contributed by atoms with Crippen molar-refractivity contribution >= 4 is 5.91 Å². The third-order valence-electron chi connectivity index (χ3n) is 4.73. The number of benzene rings is 1. The van der Waals surface area contributed by atoms with E-state index in [0.717, 1.165) is 25.9 Å². The number of carbonyl (C=O) groups excluding carboxylic acids is 1. The lowest BCUT2D eigenvalue weighted by molar-refractivity contribution is -0.142. The summed E-state index contributed by atoms with van der Waals surface area (Å²) >= 11 is 0. The first-order valence-corrected chi connectivity index (χ1v) is 7.27. The summed E-state index contributed by atoms with van der Waals surface area (Å²) < 4.78 is 13.7. The number of hydrogen-bond donors (Lipinski definition) is 0. The normalized spacial score (nSPS) is 28.8. The van der Waals surface area contributed by atoms with E-state index in [2.05, 4.69) is 5.01 Å². The molecule has 2 atom stereocenters. The number of fused-ring (bicyclic) bond motifs is 1. The monoisotopic (exact) mass is 287 g/mol. The van der Waals surface area contributed by atoms with Gasteiger partial charge in [0.25, 0.3) is 0 Å². The molecule has 0 N–H and O–H groups in total. The van der Waals surface area contributed by atoms with Crippen LogP contribution < -0.4 is 0 Å². The maximum Gasteiger partial charge on any atom is 0.244 e. The van der Waals surface area contributed by atoms with Gasteiger partial charge in [-0.2, -0.15) is 5.26 Å². The number of nitrogens with zero attached hydrogens (tertiary/aromatic N) is 3. The van der Waals surface area contributed by atoms with Crippen LogP contribution in [0.5, 0.6) is 0 Å². The molecule has 5 heteroatoms. The van der Waals surface area contributed by atoms with Gasteiger partial charge in [-0.15, -0.1) is 0 Å². The molecule has 2 saturated heterocycles. The summed E-state index contributed by atoms with van der Waals surface area (Å²) in [6.45, 7) is 5.52. The van der Waals surface area contributed by atoms with Crippen LogP contribution in [-0.2, 0) is 4.79 Å². The van der Waals surface area contributed by atoms with Gasteiger partial charge < -0.3 is 0 Å². The molecule has 1 aromatic carbocycles. The Morgan fingerprint density at radius 2 is 2.24 bits per heavy atom. The van der Waals surface area contributed by atoms with Crippen molar-refractivity contribution < 1.29 is 9.18 Å². The Kier molecular flexibility index (Phi) is 3.22. The Hall–Kier alpha value is -1.93. The van der Waals surface area contributed by atoms with Crippen LogP contribution in [0.25, 0.3) is 0 Å². The highest BCUT2D eigenvalue weighted by atomic mass is 19.1. The fraction of sp³-hybridized carbons (Fsp3) is 0.500. The lowest BCUT2D eigenvalue weighted by Crippen LogP contribution is -2.36. The third-order valence-corrected chi connectivity index (χ3v) is 4.73. The molecule has 0 saturated carbocycles. The summed E-state index contributed by atoms with van der Waals surface area (Å²) in [5.41, 5.74) is 0.653. The molecule has 4 nitrogen and oxygen atoms in total. The SMILES string of the molecule is CC[C@]1(C)CN2CC[C@H](c3cc(F)cc(C#N)c3)N2C1=O. The molecule has 1 amide bonds. The fourth-order valence-corrected chi connectivity index (χ4v) is 3.31. The maximum atomic E-state index is 13.7. The molecule has 3 rings (SSSR count). The van der Waals surface area contributed by atoms with Gasteiger partial charge in [-0.25, -0.2) is 9.40 Å². The van der Waals surface area contributed by atoms with Gasteiger partial charge in [0.1, 0.15) is 5.82 Å². The van der Waals surface area contributed by atoms with Crippen molar-refractivity contribution in [2.45, 2.75) is 32.7 Å². The van der Waals surface area contributed by atoms with Crippen molar-refractivity contribution in [3.63, 3.8) is 0 Å². The van der Waals surface area contributed by atoms with E-state index in [-0.39, 0.29) is 17.4 Å². The zero-order valence-corrected chi connectivity index (χ0v) is 12.3. The Bertz CT molecular complexity index is 639. The first kappa shape index (κ1) is 14.0. The zero-order valence-electron chi connectivity index (χ0n) is 12.3. The van der Waals surface area contributed by atoms with E-state index in [1.54, 1.807) is 11.1 Å². The topological polar surface area (TPSA) is 47.3 Å². The van der Waals surface area contributed by atoms with E-state index < -0.39 is 5.82 Å². The molecule has 0 unspecified atom stereocenters. The van der Waals surface area contributed by atoms with Crippen molar-refractivity contribution in [3.05, 3.63) is 35.1 Å². The second kappa shape index (κ2) is 4.81. The van der Waals surface area contributed by atoms with Crippen LogP contribution in [0.15, 0.2) is 18.2 Å². The van der Waals surface area contributed by atoms with E-state index in [4.69, 9.17) is 5.26 Å². The predicted octanol–water partition coefficient (Wildman–Crippen LogP) is 2.62. The average Bonchev–Trinajstić information content (AvgIpc) is 2.98. The second-order valence-electron chi connectivity index (χ2n) is 6.14. The van der Waals surface area contributed by atoms with Crippen molar-refractivity contribution in [2.75, 3.05) is 13.1 Å². The van der Waals surface area contributed by atoms with E-state index in [1.807, 2.05) is 19.9 Å². The van der Waals surface area contributed by atoms with Crippen LogP contribution in [0.1, 0.15) is 43.9 Å². The molecule has 21 heavy (non-hydrogen) atoms. The standard InChI is InChI=1S/C16H18FN3O/c1-3-16(2)10-19-5-4-14(20(19)15(16)21)12-6-11(9-18)7-13(17)8-12/h6-8,14H,3-5,10H2,1-2H3/t14-,16-/m1/s1. The Morgan fingerprint density at radius 3 is 2.90 bits per heavy atom. The predicted molar refractivity (Wildman–Crippen MR) is 75.3 cm³/mol. The van der Waals surface area contributed by atoms with Gasteiger partial charge in [-0.3, -0.25) is 9.80 Å². The van der Waals surface area contributed by atoms with Crippen LogP contribution in [0.3, 0.4) is 0 Å². The van der Waals surface area contributed by atoms with Gasteiger partial charge >= 0.3 is 0 Å². The minimum absolute atomic E-state index is 0.107. The van der Waals surface area contributed by atoms with Gasteiger partial charge in [-0.05, 0) is 43.5 Å². The van der Waals surface area contributed by atoms with Crippen LogP contribution in [0.4, 0.5) is 4.39 Å². The number of nitriles is 1. The van der Waals surface area contributed by atoms with Crippen LogP contribution >= 0.6 is 0 Å². The summed E-state index contributed by atoms with van der Waals surface area (Å²) in [5.74, 6) is -0.317. The van der Waals surface area contributed by atoms with Crippen LogP contribution in [0.2, 0.25) is 0 Å². The summed E-state index contributed by atoms with van der Waals surface area (Å²) in [6.07, 6.45) is 1.57. The molecule has 0 bridgehead atoms. The largest absolute Gasteiger partial charge is 0.273 e. The van der Waals surface area contributed by atoms with Gasteiger partial charge in [0.2, 0.25) is 5.91 Å². The van der Waals surface area contributed by atoms with Gasteiger partial charge in [0.05, 0.1) is 23.1 Å². The number of amides is 1. The summed E-state index contributed by atoms with van der Waals surface area (Å²) in [5, 5.41) is 12.8. The van der Waals surface area contributed by atoms with Crippen LogP contribution in [0, 0.1) is 22.6 Å². The lowest BCUT2D eigenvalue weighted by atomic mass is 9.86. The lowest BCUT2D eigenvalue weighted by Gasteiger charge is -2.26. The molecular formula is C16H18FN3O. The minimum Gasteiger partial charge on any atom is -0.273 e. The molecule has 2 fully saturated rings. The number of rotatable bonds is 2. The third kappa shape index (κ3) is 2.11. The highest BCUT2D eigenvalue weighted by Crippen LogP contribution is 2.43. The quantitative estimate of drug-likeness (QED) is 0.840. The Morgan fingerprint density at radius 1 is 1.48 bits per heavy atom. The van der Waals surface area contributed by atoms with Gasteiger partial charge in [0.15, 0.2) is 0 Å². The van der Waals surface area contributed by atoms with E-state index in [1.165, 1.54) is 12.1 Å². The maximum absolute atomic E-state index is 13.7. The van der Waals surface area contributed by atoms with E-state index >= 15 is 0 Å². The molecule has 0 radical (unpaired) electrons. The first-order chi connectivity index (χ1) is 9.98. The summed E-state index contributed by atoms with van der Waals surface area (Å²) in [4.78, 5) is 12.7. The second-order valence-corrected chi connectivity index (χ2v) is 6.14. The Balaban J connectivity index is 1.97. The molecule has 0 aromatic heterocycles. The molecular weight excluding hydrogens is 269 g/mol. The number of hydrogen-bond acceptors (Lipinski definition) is 3. The molecule has 2 heterocycles. The fourth-order valence-electron chi connectivity index (χ4n) is 3.31. The highest BCUT2D eigenvalue weighted by Gasteiger charge is 2.51.